The van der Waals surface area contributed by atoms with Gasteiger partial charge in [0.05, 0.1) is 6.10 Å². The molecule has 2 heterocycles. The number of rotatable bonds is 4. The number of nitro groups is 1. The Morgan fingerprint density at radius 1 is 1.55 bits per heavy atom. The van der Waals surface area contributed by atoms with Crippen LogP contribution in [0.1, 0.15) is 25.7 Å². The first-order valence-corrected chi connectivity index (χ1v) is 7.56. The average molecular weight is 296 g/mol. The van der Waals surface area contributed by atoms with E-state index in [1.807, 2.05) is 0 Å². The van der Waals surface area contributed by atoms with E-state index in [0.29, 0.717) is 17.3 Å². The van der Waals surface area contributed by atoms with Crippen LogP contribution < -0.4 is 5.32 Å². The van der Waals surface area contributed by atoms with Gasteiger partial charge in [-0.2, -0.15) is 9.38 Å². The molecule has 7 nitrogen and oxygen atoms in total. The smallest absolute Gasteiger partial charge is 0.372 e. The number of aromatic nitrogens is 2. The zero-order valence-electron chi connectivity index (χ0n) is 10.9. The highest BCUT2D eigenvalue weighted by molar-refractivity contribution is 7.15. The molecule has 0 saturated heterocycles. The number of hydrogen-bond donors (Lipinski definition) is 2. The van der Waals surface area contributed by atoms with Crippen molar-refractivity contribution in [1.29, 1.82) is 0 Å². The van der Waals surface area contributed by atoms with Crippen molar-refractivity contribution in [2.24, 2.45) is 5.92 Å². The summed E-state index contributed by atoms with van der Waals surface area (Å²) in [6.07, 6.45) is 5.24. The molecule has 108 valence electrons. The Hall–Kier alpha value is -1.67. The van der Waals surface area contributed by atoms with Crippen molar-refractivity contribution in [3.63, 3.8) is 0 Å². The van der Waals surface area contributed by atoms with Gasteiger partial charge in [-0.15, -0.1) is 0 Å². The Morgan fingerprint density at radius 2 is 2.35 bits per heavy atom. The highest BCUT2D eigenvalue weighted by Gasteiger charge is 2.27. The highest BCUT2D eigenvalue weighted by Crippen LogP contribution is 2.30. The Bertz CT molecular complexity index is 623. The molecule has 0 spiro atoms. The van der Waals surface area contributed by atoms with E-state index < -0.39 is 4.92 Å². The fourth-order valence-electron chi connectivity index (χ4n) is 2.72. The van der Waals surface area contributed by atoms with Crippen molar-refractivity contribution in [2.45, 2.75) is 31.8 Å². The predicted octanol–water partition coefficient (Wildman–Crippen LogP) is 2.27. The van der Waals surface area contributed by atoms with E-state index in [-0.39, 0.29) is 17.8 Å². The topological polar surface area (TPSA) is 92.7 Å². The van der Waals surface area contributed by atoms with E-state index in [1.165, 1.54) is 15.7 Å². The van der Waals surface area contributed by atoms with Gasteiger partial charge in [0.1, 0.15) is 6.20 Å². The molecular formula is C12H16N4O3S. The minimum Gasteiger partial charge on any atom is -0.393 e. The number of fused-ring (bicyclic) bond motifs is 1. The Labute approximate surface area is 119 Å². The monoisotopic (exact) mass is 296 g/mol. The van der Waals surface area contributed by atoms with Crippen LogP contribution in [0.3, 0.4) is 0 Å². The first-order valence-electron chi connectivity index (χ1n) is 6.68. The molecule has 1 saturated carbocycles. The largest absolute Gasteiger partial charge is 0.393 e. The van der Waals surface area contributed by atoms with Crippen LogP contribution in [0.4, 0.5) is 11.6 Å². The van der Waals surface area contributed by atoms with Crippen molar-refractivity contribution in [2.75, 3.05) is 11.9 Å². The standard InChI is InChI=1S/C12H16N4O3S/c17-9-4-2-1-3-8(9)7-13-10-11(16(18)19)15-5-6-20-12(15)14-10/h5-6,8-9,13,17H,1-4,7H2. The zero-order chi connectivity index (χ0) is 14.1. The molecule has 0 radical (unpaired) electrons. The SMILES string of the molecule is O=[N+]([O-])c1c(NCC2CCCCC2O)nc2sccn12. The lowest BCUT2D eigenvalue weighted by atomic mass is 9.86. The van der Waals surface area contributed by atoms with Gasteiger partial charge in [0, 0.05) is 17.8 Å². The van der Waals surface area contributed by atoms with Crippen LogP contribution in [-0.2, 0) is 0 Å². The lowest BCUT2D eigenvalue weighted by molar-refractivity contribution is -0.389. The van der Waals surface area contributed by atoms with Crippen molar-refractivity contribution in [1.82, 2.24) is 9.38 Å². The van der Waals surface area contributed by atoms with E-state index in [9.17, 15) is 15.2 Å². The van der Waals surface area contributed by atoms with Crippen LogP contribution in [0.5, 0.6) is 0 Å². The maximum Gasteiger partial charge on any atom is 0.372 e. The first-order chi connectivity index (χ1) is 9.66. The molecule has 2 N–H and O–H groups in total. The molecule has 1 aliphatic rings. The molecule has 2 aromatic heterocycles. The summed E-state index contributed by atoms with van der Waals surface area (Å²) in [7, 11) is 0. The Balaban J connectivity index is 1.78. The molecule has 2 atom stereocenters. The molecule has 8 heteroatoms. The molecule has 20 heavy (non-hydrogen) atoms. The first kappa shape index (κ1) is 13.3. The van der Waals surface area contributed by atoms with Crippen LogP contribution in [0.2, 0.25) is 0 Å². The molecule has 1 aliphatic carbocycles. The molecule has 1 fully saturated rings. The van der Waals surface area contributed by atoms with E-state index in [4.69, 9.17) is 0 Å². The van der Waals surface area contributed by atoms with Gasteiger partial charge in [0.15, 0.2) is 0 Å². The number of thiazole rings is 1. The van der Waals surface area contributed by atoms with E-state index in [0.717, 1.165) is 25.7 Å². The summed E-state index contributed by atoms with van der Waals surface area (Å²) < 4.78 is 1.48. The third-order valence-corrected chi connectivity index (χ3v) is 4.57. The number of anilines is 1. The van der Waals surface area contributed by atoms with Gasteiger partial charge in [-0.25, -0.2) is 0 Å². The maximum atomic E-state index is 11.2. The minimum atomic E-state index is -0.424. The van der Waals surface area contributed by atoms with Crippen LogP contribution in [-0.4, -0.2) is 32.1 Å². The van der Waals surface area contributed by atoms with Crippen molar-refractivity contribution < 1.29 is 10.0 Å². The number of imidazole rings is 1. The van der Waals surface area contributed by atoms with Crippen LogP contribution >= 0.6 is 11.3 Å². The fraction of sp³-hybridized carbons (Fsp3) is 0.583. The number of nitrogens with one attached hydrogen (secondary N) is 1. The van der Waals surface area contributed by atoms with E-state index in [2.05, 4.69) is 10.3 Å². The van der Waals surface area contributed by atoms with Crippen LogP contribution in [0.15, 0.2) is 11.6 Å². The molecule has 2 unspecified atom stereocenters. The normalized spacial score (nSPS) is 23.1. The van der Waals surface area contributed by atoms with Crippen molar-refractivity contribution >= 4 is 27.9 Å². The van der Waals surface area contributed by atoms with Gasteiger partial charge >= 0.3 is 5.82 Å². The third-order valence-electron chi connectivity index (χ3n) is 3.81. The second kappa shape index (κ2) is 5.37. The molecule has 0 aromatic carbocycles. The van der Waals surface area contributed by atoms with Crippen molar-refractivity contribution in [3.8, 4) is 0 Å². The molecule has 0 aliphatic heterocycles. The van der Waals surface area contributed by atoms with Crippen LogP contribution in [0.25, 0.3) is 4.96 Å². The molecule has 0 bridgehead atoms. The Morgan fingerprint density at radius 3 is 3.10 bits per heavy atom. The maximum absolute atomic E-state index is 11.2. The summed E-state index contributed by atoms with van der Waals surface area (Å²) >= 11 is 1.36. The molecular weight excluding hydrogens is 280 g/mol. The number of nitrogens with zero attached hydrogens (tertiary/aromatic N) is 3. The molecule has 2 aromatic rings. The molecule has 3 rings (SSSR count). The van der Waals surface area contributed by atoms with Crippen molar-refractivity contribution in [3.05, 3.63) is 21.7 Å². The van der Waals surface area contributed by atoms with Gasteiger partial charge in [-0.3, -0.25) is 0 Å². The van der Waals surface area contributed by atoms with Gasteiger partial charge in [-0.1, -0.05) is 24.2 Å². The summed E-state index contributed by atoms with van der Waals surface area (Å²) in [6.45, 7) is 0.521. The van der Waals surface area contributed by atoms with Gasteiger partial charge in [0.2, 0.25) is 5.82 Å². The lowest BCUT2D eigenvalue weighted by Crippen LogP contribution is -2.30. The predicted molar refractivity (Wildman–Crippen MR) is 76.2 cm³/mol. The second-order valence-corrected chi connectivity index (χ2v) is 5.96. The van der Waals surface area contributed by atoms with E-state index >= 15 is 0 Å². The zero-order valence-corrected chi connectivity index (χ0v) is 11.7. The summed E-state index contributed by atoms with van der Waals surface area (Å²) in [5, 5.41) is 25.9. The summed E-state index contributed by atoms with van der Waals surface area (Å²) in [6, 6.07) is 0. The molecule has 0 amide bonds. The Kier molecular flexibility index (Phi) is 3.58. The second-order valence-electron chi connectivity index (χ2n) is 5.09. The van der Waals surface area contributed by atoms with Gasteiger partial charge in [0.25, 0.3) is 4.96 Å². The van der Waals surface area contributed by atoms with Crippen LogP contribution in [0, 0.1) is 16.0 Å². The fourth-order valence-corrected chi connectivity index (χ4v) is 3.43. The van der Waals surface area contributed by atoms with Gasteiger partial charge < -0.3 is 20.5 Å². The summed E-state index contributed by atoms with van der Waals surface area (Å²) in [5.41, 5.74) is 0. The number of hydrogen-bond acceptors (Lipinski definition) is 6. The number of aliphatic hydroxyl groups is 1. The quantitative estimate of drug-likeness (QED) is 0.667. The minimum absolute atomic E-state index is 0.0356. The summed E-state index contributed by atoms with van der Waals surface area (Å²) in [5.74, 6) is 0.397. The van der Waals surface area contributed by atoms with Gasteiger partial charge in [-0.05, 0) is 17.8 Å². The average Bonchev–Trinajstić information content (AvgIpc) is 2.97. The summed E-state index contributed by atoms with van der Waals surface area (Å²) in [4.78, 5) is 15.6. The van der Waals surface area contributed by atoms with E-state index in [1.54, 1.807) is 11.6 Å². The lowest BCUT2D eigenvalue weighted by Gasteiger charge is -2.27. The third kappa shape index (κ3) is 2.36. The highest BCUT2D eigenvalue weighted by atomic mass is 32.1. The number of aliphatic hydroxyl groups excluding tert-OH is 1.